The summed E-state index contributed by atoms with van der Waals surface area (Å²) in [6.07, 6.45) is 0.0590. The second-order valence-electron chi connectivity index (χ2n) is 3.59. The minimum absolute atomic E-state index is 0.0590. The van der Waals surface area contributed by atoms with E-state index in [9.17, 15) is 9.18 Å². The lowest BCUT2D eigenvalue weighted by Crippen LogP contribution is -2.21. The summed E-state index contributed by atoms with van der Waals surface area (Å²) in [6.45, 7) is 0.839. The van der Waals surface area contributed by atoms with E-state index in [4.69, 9.17) is 16.7 Å². The van der Waals surface area contributed by atoms with Crippen LogP contribution >= 0.6 is 11.6 Å². The number of carboxylic acid groups (broad SMARTS) is 1. The molecule has 16 heavy (non-hydrogen) atoms. The Kier molecular flexibility index (Phi) is 4.71. The SMILES string of the molecule is CN(CCC(=O)O)Cc1cccc(F)c1Cl. The van der Waals surface area contributed by atoms with Crippen molar-refractivity contribution in [1.82, 2.24) is 4.90 Å². The number of hydrogen-bond acceptors (Lipinski definition) is 2. The highest BCUT2D eigenvalue weighted by molar-refractivity contribution is 6.31. The van der Waals surface area contributed by atoms with Crippen LogP contribution in [0.2, 0.25) is 5.02 Å². The standard InChI is InChI=1S/C11H13ClFNO2/c1-14(6-5-10(15)16)7-8-3-2-4-9(13)11(8)12/h2-4H,5-7H2,1H3,(H,15,16). The Labute approximate surface area is 98.4 Å². The lowest BCUT2D eigenvalue weighted by atomic mass is 10.2. The summed E-state index contributed by atoms with van der Waals surface area (Å²) in [5.74, 6) is -1.30. The van der Waals surface area contributed by atoms with Crippen molar-refractivity contribution in [3.8, 4) is 0 Å². The Morgan fingerprint density at radius 1 is 1.56 bits per heavy atom. The number of benzene rings is 1. The first-order valence-electron chi connectivity index (χ1n) is 4.84. The molecule has 0 aliphatic rings. The molecule has 0 spiro atoms. The minimum Gasteiger partial charge on any atom is -0.481 e. The highest BCUT2D eigenvalue weighted by atomic mass is 35.5. The molecule has 0 amide bonds. The molecule has 88 valence electrons. The van der Waals surface area contributed by atoms with Gasteiger partial charge in [0.05, 0.1) is 11.4 Å². The quantitative estimate of drug-likeness (QED) is 0.866. The van der Waals surface area contributed by atoms with Crippen molar-refractivity contribution in [2.24, 2.45) is 0 Å². The smallest absolute Gasteiger partial charge is 0.304 e. The summed E-state index contributed by atoms with van der Waals surface area (Å²) < 4.78 is 13.1. The van der Waals surface area contributed by atoms with E-state index >= 15 is 0 Å². The first-order valence-corrected chi connectivity index (χ1v) is 5.21. The molecule has 5 heteroatoms. The van der Waals surface area contributed by atoms with Crippen LogP contribution in [0.4, 0.5) is 4.39 Å². The average Bonchev–Trinajstić information content (AvgIpc) is 2.22. The number of rotatable bonds is 5. The summed E-state index contributed by atoms with van der Waals surface area (Å²) in [5.41, 5.74) is 0.662. The monoisotopic (exact) mass is 245 g/mol. The largest absolute Gasteiger partial charge is 0.481 e. The summed E-state index contributed by atoms with van der Waals surface area (Å²) in [6, 6.07) is 4.60. The molecule has 1 aromatic carbocycles. The van der Waals surface area contributed by atoms with Crippen molar-refractivity contribution in [2.75, 3.05) is 13.6 Å². The summed E-state index contributed by atoms with van der Waals surface area (Å²) in [7, 11) is 1.77. The molecule has 0 saturated carbocycles. The zero-order valence-electron chi connectivity index (χ0n) is 8.91. The van der Waals surface area contributed by atoms with Crippen LogP contribution in [0.25, 0.3) is 0 Å². The van der Waals surface area contributed by atoms with Crippen molar-refractivity contribution >= 4 is 17.6 Å². The second-order valence-corrected chi connectivity index (χ2v) is 3.97. The fraction of sp³-hybridized carbons (Fsp3) is 0.364. The lowest BCUT2D eigenvalue weighted by molar-refractivity contribution is -0.137. The maximum absolute atomic E-state index is 13.1. The van der Waals surface area contributed by atoms with Gasteiger partial charge in [0.1, 0.15) is 5.82 Å². The Hall–Kier alpha value is -1.13. The van der Waals surface area contributed by atoms with Crippen LogP contribution in [-0.2, 0) is 11.3 Å². The van der Waals surface area contributed by atoms with Gasteiger partial charge in [0.15, 0.2) is 0 Å². The van der Waals surface area contributed by atoms with Crippen molar-refractivity contribution in [1.29, 1.82) is 0 Å². The van der Waals surface area contributed by atoms with E-state index in [1.165, 1.54) is 6.07 Å². The number of carboxylic acids is 1. The first kappa shape index (κ1) is 12.9. The van der Waals surface area contributed by atoms with E-state index in [1.54, 1.807) is 24.1 Å². The van der Waals surface area contributed by atoms with Gasteiger partial charge in [-0.3, -0.25) is 4.79 Å². The minimum atomic E-state index is -0.850. The third-order valence-corrected chi connectivity index (χ3v) is 2.60. The van der Waals surface area contributed by atoms with Crippen LogP contribution < -0.4 is 0 Å². The fourth-order valence-electron chi connectivity index (χ4n) is 1.33. The molecule has 0 aliphatic carbocycles. The molecule has 0 radical (unpaired) electrons. The predicted octanol–water partition coefficient (Wildman–Crippen LogP) is 2.39. The van der Waals surface area contributed by atoms with Crippen LogP contribution in [-0.4, -0.2) is 29.6 Å². The number of nitrogens with zero attached hydrogens (tertiary/aromatic N) is 1. The van der Waals surface area contributed by atoms with Gasteiger partial charge < -0.3 is 10.0 Å². The normalized spacial score (nSPS) is 10.8. The van der Waals surface area contributed by atoms with Gasteiger partial charge in [0.25, 0.3) is 0 Å². The number of hydrogen-bond donors (Lipinski definition) is 1. The van der Waals surface area contributed by atoms with E-state index in [-0.39, 0.29) is 11.4 Å². The Morgan fingerprint density at radius 3 is 2.88 bits per heavy atom. The van der Waals surface area contributed by atoms with Gasteiger partial charge >= 0.3 is 5.97 Å². The van der Waals surface area contributed by atoms with Crippen molar-refractivity contribution in [3.05, 3.63) is 34.6 Å². The first-order chi connectivity index (χ1) is 7.50. The van der Waals surface area contributed by atoms with Gasteiger partial charge in [0.2, 0.25) is 0 Å². The van der Waals surface area contributed by atoms with Gasteiger partial charge in [-0.15, -0.1) is 0 Å². The van der Waals surface area contributed by atoms with Crippen LogP contribution in [0.3, 0.4) is 0 Å². The molecule has 0 saturated heterocycles. The van der Waals surface area contributed by atoms with Crippen LogP contribution in [0.15, 0.2) is 18.2 Å². The highest BCUT2D eigenvalue weighted by Crippen LogP contribution is 2.20. The van der Waals surface area contributed by atoms with Gasteiger partial charge in [-0.25, -0.2) is 4.39 Å². The zero-order chi connectivity index (χ0) is 12.1. The molecular weight excluding hydrogens is 233 g/mol. The summed E-state index contributed by atoms with van der Waals surface area (Å²) in [5, 5.41) is 8.62. The molecule has 0 atom stereocenters. The second kappa shape index (κ2) is 5.82. The molecule has 0 aromatic heterocycles. The van der Waals surface area contributed by atoms with E-state index in [0.29, 0.717) is 18.7 Å². The van der Waals surface area contributed by atoms with Gasteiger partial charge in [-0.2, -0.15) is 0 Å². The summed E-state index contributed by atoms with van der Waals surface area (Å²) >= 11 is 5.78. The fourth-order valence-corrected chi connectivity index (χ4v) is 1.51. The van der Waals surface area contributed by atoms with Crippen LogP contribution in [0.1, 0.15) is 12.0 Å². The van der Waals surface area contributed by atoms with E-state index in [0.717, 1.165) is 0 Å². The third-order valence-electron chi connectivity index (χ3n) is 2.18. The zero-order valence-corrected chi connectivity index (χ0v) is 9.67. The third kappa shape index (κ3) is 3.79. The predicted molar refractivity (Wildman–Crippen MR) is 60.0 cm³/mol. The van der Waals surface area contributed by atoms with Crippen molar-refractivity contribution < 1.29 is 14.3 Å². The van der Waals surface area contributed by atoms with E-state index in [1.807, 2.05) is 0 Å². The molecule has 0 aliphatic heterocycles. The molecule has 1 aromatic rings. The Bertz CT molecular complexity index is 384. The van der Waals surface area contributed by atoms with E-state index < -0.39 is 11.8 Å². The molecule has 0 fully saturated rings. The number of halogens is 2. The van der Waals surface area contributed by atoms with Gasteiger partial charge in [-0.1, -0.05) is 23.7 Å². The molecule has 0 unspecified atom stereocenters. The number of carbonyl (C=O) groups is 1. The average molecular weight is 246 g/mol. The number of aliphatic carboxylic acids is 1. The maximum Gasteiger partial charge on any atom is 0.304 e. The Morgan fingerprint density at radius 2 is 2.25 bits per heavy atom. The maximum atomic E-state index is 13.1. The molecular formula is C11H13ClFNO2. The molecule has 0 heterocycles. The van der Waals surface area contributed by atoms with Gasteiger partial charge in [0, 0.05) is 13.1 Å². The lowest BCUT2D eigenvalue weighted by Gasteiger charge is -2.16. The highest BCUT2D eigenvalue weighted by Gasteiger charge is 2.08. The van der Waals surface area contributed by atoms with E-state index in [2.05, 4.69) is 0 Å². The topological polar surface area (TPSA) is 40.5 Å². The Balaban J connectivity index is 2.59. The van der Waals surface area contributed by atoms with Gasteiger partial charge in [-0.05, 0) is 18.7 Å². The molecule has 1 rings (SSSR count). The van der Waals surface area contributed by atoms with Crippen LogP contribution in [0.5, 0.6) is 0 Å². The van der Waals surface area contributed by atoms with Crippen LogP contribution in [0, 0.1) is 5.82 Å². The molecule has 3 nitrogen and oxygen atoms in total. The molecule has 1 N–H and O–H groups in total. The van der Waals surface area contributed by atoms with Crippen molar-refractivity contribution in [2.45, 2.75) is 13.0 Å². The molecule has 0 bridgehead atoms. The van der Waals surface area contributed by atoms with Crippen molar-refractivity contribution in [3.63, 3.8) is 0 Å². The summed E-state index contributed by atoms with van der Waals surface area (Å²) in [4.78, 5) is 12.2.